The van der Waals surface area contributed by atoms with Crippen LogP contribution >= 0.6 is 15.9 Å². The van der Waals surface area contributed by atoms with Crippen molar-refractivity contribution in [3.63, 3.8) is 0 Å². The van der Waals surface area contributed by atoms with Gasteiger partial charge in [0.25, 0.3) is 0 Å². The average Bonchev–Trinajstić information content (AvgIpc) is 2.98. The summed E-state index contributed by atoms with van der Waals surface area (Å²) >= 11 is 3.48. The Labute approximate surface area is 119 Å². The highest BCUT2D eigenvalue weighted by atomic mass is 79.9. The molecule has 4 rings (SSSR count). The first-order chi connectivity index (χ1) is 9.11. The predicted octanol–water partition coefficient (Wildman–Crippen LogP) is 3.58. The van der Waals surface area contributed by atoms with Crippen LogP contribution in [-0.4, -0.2) is 15.4 Å². The molecule has 3 heteroatoms. The zero-order chi connectivity index (χ0) is 13.3. The summed E-state index contributed by atoms with van der Waals surface area (Å²) in [6.07, 6.45) is 0.614. The maximum atomic E-state index is 11.6. The number of hydrogen-bond acceptors (Lipinski definition) is 1. The zero-order valence-electron chi connectivity index (χ0n) is 10.1. The summed E-state index contributed by atoms with van der Waals surface area (Å²) in [4.78, 5) is 11.6. The standard InChI is InChI=1S/C16H11BrO2/c17-16(14(18)19)9-15(16)12-7-3-1-5-10(12)11-6-2-4-8-13(11)15/h1-8H,9H2,(H,18,19)/t16-/m0/s1. The molecule has 0 amide bonds. The van der Waals surface area contributed by atoms with Gasteiger partial charge in [0.1, 0.15) is 4.32 Å². The zero-order valence-corrected chi connectivity index (χ0v) is 11.6. The molecule has 2 aromatic rings. The van der Waals surface area contributed by atoms with Crippen LogP contribution < -0.4 is 0 Å². The number of alkyl halides is 1. The molecule has 1 saturated carbocycles. The number of benzene rings is 2. The van der Waals surface area contributed by atoms with Crippen molar-refractivity contribution in [2.75, 3.05) is 0 Å². The largest absolute Gasteiger partial charge is 0.480 e. The molecule has 2 aliphatic carbocycles. The van der Waals surface area contributed by atoms with Gasteiger partial charge in [0.05, 0.1) is 0 Å². The van der Waals surface area contributed by atoms with Gasteiger partial charge in [-0.1, -0.05) is 64.5 Å². The fourth-order valence-corrected chi connectivity index (χ4v) is 4.37. The van der Waals surface area contributed by atoms with Crippen LogP contribution in [0.5, 0.6) is 0 Å². The van der Waals surface area contributed by atoms with Crippen molar-refractivity contribution in [2.24, 2.45) is 0 Å². The Morgan fingerprint density at radius 1 is 1.00 bits per heavy atom. The Morgan fingerprint density at radius 2 is 1.47 bits per heavy atom. The van der Waals surface area contributed by atoms with Crippen LogP contribution in [0.4, 0.5) is 0 Å². The Hall–Kier alpha value is -1.61. The molecule has 1 fully saturated rings. The van der Waals surface area contributed by atoms with E-state index in [-0.39, 0.29) is 0 Å². The first-order valence-corrected chi connectivity index (χ1v) is 7.02. The van der Waals surface area contributed by atoms with E-state index < -0.39 is 15.7 Å². The second-order valence-corrected chi connectivity index (χ2v) is 6.63. The van der Waals surface area contributed by atoms with E-state index in [0.717, 1.165) is 11.1 Å². The van der Waals surface area contributed by atoms with Gasteiger partial charge >= 0.3 is 5.97 Å². The minimum Gasteiger partial charge on any atom is -0.480 e. The Morgan fingerprint density at radius 3 is 1.89 bits per heavy atom. The molecule has 1 N–H and O–H groups in total. The summed E-state index contributed by atoms with van der Waals surface area (Å²) in [6, 6.07) is 16.3. The molecule has 0 saturated heterocycles. The smallest absolute Gasteiger partial charge is 0.321 e. The van der Waals surface area contributed by atoms with Gasteiger partial charge in [0.15, 0.2) is 0 Å². The third kappa shape index (κ3) is 1.11. The van der Waals surface area contributed by atoms with Gasteiger partial charge in [-0.25, -0.2) is 0 Å². The number of fused-ring (bicyclic) bond motifs is 5. The van der Waals surface area contributed by atoms with Crippen LogP contribution in [0.25, 0.3) is 11.1 Å². The SMILES string of the molecule is O=C(O)[C@@]1(Br)CC12c1ccccc1-c1ccccc12. The lowest BCUT2D eigenvalue weighted by Gasteiger charge is -2.16. The first kappa shape index (κ1) is 11.2. The van der Waals surface area contributed by atoms with Crippen LogP contribution in [0.15, 0.2) is 48.5 Å². The van der Waals surface area contributed by atoms with E-state index in [9.17, 15) is 9.90 Å². The molecule has 1 spiro atoms. The van der Waals surface area contributed by atoms with Crippen molar-refractivity contribution in [2.45, 2.75) is 16.2 Å². The van der Waals surface area contributed by atoms with Crippen molar-refractivity contribution in [3.8, 4) is 11.1 Å². The monoisotopic (exact) mass is 314 g/mol. The van der Waals surface area contributed by atoms with E-state index in [1.807, 2.05) is 24.3 Å². The summed E-state index contributed by atoms with van der Waals surface area (Å²) in [5.41, 5.74) is 4.21. The highest BCUT2D eigenvalue weighted by molar-refractivity contribution is 9.10. The van der Waals surface area contributed by atoms with Crippen molar-refractivity contribution in [1.29, 1.82) is 0 Å². The molecule has 0 aromatic heterocycles. The van der Waals surface area contributed by atoms with Crippen LogP contribution in [-0.2, 0) is 10.2 Å². The van der Waals surface area contributed by atoms with E-state index in [0.29, 0.717) is 6.42 Å². The lowest BCUT2D eigenvalue weighted by Crippen LogP contribution is -2.26. The second kappa shape index (κ2) is 3.28. The van der Waals surface area contributed by atoms with Crippen molar-refractivity contribution in [1.82, 2.24) is 0 Å². The van der Waals surface area contributed by atoms with Crippen molar-refractivity contribution < 1.29 is 9.90 Å². The second-order valence-electron chi connectivity index (χ2n) is 5.28. The van der Waals surface area contributed by atoms with Crippen molar-refractivity contribution in [3.05, 3.63) is 59.7 Å². The van der Waals surface area contributed by atoms with E-state index in [4.69, 9.17) is 0 Å². The minimum atomic E-state index is -0.858. The van der Waals surface area contributed by atoms with Crippen LogP contribution in [0.1, 0.15) is 17.5 Å². The summed E-state index contributed by atoms with van der Waals surface area (Å²) in [5.74, 6) is -0.779. The normalized spacial score (nSPS) is 24.9. The number of carbonyl (C=O) groups is 1. The van der Waals surface area contributed by atoms with Gasteiger partial charge in [-0.05, 0) is 28.7 Å². The average molecular weight is 315 g/mol. The van der Waals surface area contributed by atoms with Gasteiger partial charge in [-0.2, -0.15) is 0 Å². The van der Waals surface area contributed by atoms with Gasteiger partial charge in [-0.3, -0.25) is 4.79 Å². The molecule has 2 nitrogen and oxygen atoms in total. The number of halogens is 1. The number of hydrogen-bond donors (Lipinski definition) is 1. The van der Waals surface area contributed by atoms with Gasteiger partial charge in [0.2, 0.25) is 0 Å². The quantitative estimate of drug-likeness (QED) is 0.817. The molecule has 1 atom stereocenters. The highest BCUT2D eigenvalue weighted by Crippen LogP contribution is 2.72. The topological polar surface area (TPSA) is 37.3 Å². The molecule has 19 heavy (non-hydrogen) atoms. The Balaban J connectivity index is 2.07. The molecule has 0 bridgehead atoms. The lowest BCUT2D eigenvalue weighted by atomic mass is 9.91. The fraction of sp³-hybridized carbons (Fsp3) is 0.188. The lowest BCUT2D eigenvalue weighted by molar-refractivity contribution is -0.137. The third-order valence-electron chi connectivity index (χ3n) is 4.46. The third-order valence-corrected chi connectivity index (χ3v) is 5.76. The minimum absolute atomic E-state index is 0.397. The van der Waals surface area contributed by atoms with E-state index in [1.165, 1.54) is 11.1 Å². The predicted molar refractivity (Wildman–Crippen MR) is 76.6 cm³/mol. The highest BCUT2D eigenvalue weighted by Gasteiger charge is 2.75. The molecule has 94 valence electrons. The number of carboxylic acid groups (broad SMARTS) is 1. The van der Waals surface area contributed by atoms with Gasteiger partial charge in [-0.15, -0.1) is 0 Å². The van der Waals surface area contributed by atoms with Crippen LogP contribution in [0.2, 0.25) is 0 Å². The Kier molecular flexibility index (Phi) is 1.94. The summed E-state index contributed by atoms with van der Waals surface area (Å²) in [5, 5.41) is 9.54. The van der Waals surface area contributed by atoms with E-state index in [2.05, 4.69) is 40.2 Å². The molecule has 0 aliphatic heterocycles. The van der Waals surface area contributed by atoms with E-state index in [1.54, 1.807) is 0 Å². The number of aliphatic carboxylic acids is 1. The molecule has 2 aromatic carbocycles. The molecular weight excluding hydrogens is 304 g/mol. The van der Waals surface area contributed by atoms with Gasteiger partial charge in [0, 0.05) is 5.41 Å². The van der Waals surface area contributed by atoms with Crippen molar-refractivity contribution >= 4 is 21.9 Å². The first-order valence-electron chi connectivity index (χ1n) is 6.23. The summed E-state index contributed by atoms with van der Waals surface area (Å²) in [7, 11) is 0. The molecular formula is C16H11BrO2. The molecule has 0 unspecified atom stereocenters. The molecule has 0 radical (unpaired) electrons. The summed E-state index contributed by atoms with van der Waals surface area (Å²) < 4.78 is -0.858. The maximum absolute atomic E-state index is 11.6. The number of carboxylic acids is 1. The fourth-order valence-electron chi connectivity index (χ4n) is 3.52. The molecule has 2 aliphatic rings. The van der Waals surface area contributed by atoms with Crippen LogP contribution in [0, 0.1) is 0 Å². The molecule has 0 heterocycles. The Bertz CT molecular complexity index is 677. The maximum Gasteiger partial charge on any atom is 0.321 e. The van der Waals surface area contributed by atoms with E-state index >= 15 is 0 Å². The number of rotatable bonds is 1. The van der Waals surface area contributed by atoms with Gasteiger partial charge < -0.3 is 5.11 Å². The van der Waals surface area contributed by atoms with Crippen LogP contribution in [0.3, 0.4) is 0 Å². The summed E-state index contributed by atoms with van der Waals surface area (Å²) in [6.45, 7) is 0.